The van der Waals surface area contributed by atoms with Gasteiger partial charge in [-0.2, -0.15) is 0 Å². The van der Waals surface area contributed by atoms with Crippen molar-refractivity contribution in [3.63, 3.8) is 0 Å². The molecule has 1 unspecified atom stereocenters. The highest BCUT2D eigenvalue weighted by Crippen LogP contribution is 2.24. The van der Waals surface area contributed by atoms with Gasteiger partial charge in [-0.3, -0.25) is 4.79 Å². The summed E-state index contributed by atoms with van der Waals surface area (Å²) in [7, 11) is 2.76. The van der Waals surface area contributed by atoms with E-state index in [0.29, 0.717) is 5.56 Å². The van der Waals surface area contributed by atoms with Crippen molar-refractivity contribution >= 4 is 5.97 Å². The van der Waals surface area contributed by atoms with Crippen LogP contribution in [0.1, 0.15) is 31.4 Å². The van der Waals surface area contributed by atoms with Crippen LogP contribution in [0.2, 0.25) is 0 Å². The minimum atomic E-state index is -0.437. The molecule has 0 fully saturated rings. The number of hydrogen-bond acceptors (Lipinski definition) is 4. The van der Waals surface area contributed by atoms with Gasteiger partial charge in [0, 0.05) is 6.04 Å². The maximum absolute atomic E-state index is 13.7. The van der Waals surface area contributed by atoms with Gasteiger partial charge in [-0.1, -0.05) is 13.0 Å². The Balaban J connectivity index is 2.89. The Morgan fingerprint density at radius 2 is 2.16 bits per heavy atom. The molecule has 0 aliphatic carbocycles. The van der Waals surface area contributed by atoms with Crippen LogP contribution in [-0.2, 0) is 9.53 Å². The van der Waals surface area contributed by atoms with Crippen molar-refractivity contribution < 1.29 is 18.7 Å². The number of esters is 1. The Bertz CT molecular complexity index is 423. The van der Waals surface area contributed by atoms with Crippen molar-refractivity contribution in [2.75, 3.05) is 20.8 Å². The smallest absolute Gasteiger partial charge is 0.307 e. The molecule has 1 atom stereocenters. The number of halogens is 1. The molecule has 0 saturated heterocycles. The Morgan fingerprint density at radius 3 is 2.68 bits per heavy atom. The number of benzene rings is 1. The Labute approximate surface area is 112 Å². The molecule has 0 heterocycles. The maximum Gasteiger partial charge on any atom is 0.307 e. The summed E-state index contributed by atoms with van der Waals surface area (Å²) in [6.45, 7) is 2.77. The molecule has 1 aromatic rings. The molecule has 0 amide bonds. The highest BCUT2D eigenvalue weighted by atomic mass is 19.1. The van der Waals surface area contributed by atoms with E-state index < -0.39 is 5.82 Å². The number of ether oxygens (including phenoxy) is 2. The first-order valence-corrected chi connectivity index (χ1v) is 6.26. The van der Waals surface area contributed by atoms with Gasteiger partial charge in [0.1, 0.15) is 0 Å². The van der Waals surface area contributed by atoms with Crippen LogP contribution in [-0.4, -0.2) is 26.7 Å². The number of carbonyl (C=O) groups is 1. The second-order valence-electron chi connectivity index (χ2n) is 4.18. The monoisotopic (exact) mass is 269 g/mol. The van der Waals surface area contributed by atoms with Crippen LogP contribution in [0.4, 0.5) is 4.39 Å². The predicted octanol–water partition coefficient (Wildman–Crippen LogP) is 2.44. The zero-order valence-electron chi connectivity index (χ0n) is 11.5. The molecule has 1 rings (SSSR count). The highest BCUT2D eigenvalue weighted by molar-refractivity contribution is 5.70. The molecule has 0 spiro atoms. The molecule has 0 aromatic heterocycles. The molecule has 1 aromatic carbocycles. The molecule has 1 N–H and O–H groups in total. The number of methoxy groups -OCH3 is 2. The van der Waals surface area contributed by atoms with Crippen LogP contribution in [0.25, 0.3) is 0 Å². The van der Waals surface area contributed by atoms with Gasteiger partial charge in [-0.15, -0.1) is 0 Å². The van der Waals surface area contributed by atoms with E-state index in [1.807, 2.05) is 6.92 Å². The Morgan fingerprint density at radius 1 is 1.42 bits per heavy atom. The van der Waals surface area contributed by atoms with Crippen molar-refractivity contribution in [2.24, 2.45) is 0 Å². The van der Waals surface area contributed by atoms with Gasteiger partial charge in [0.05, 0.1) is 20.6 Å². The van der Waals surface area contributed by atoms with Gasteiger partial charge in [0.15, 0.2) is 11.6 Å². The lowest BCUT2D eigenvalue weighted by Gasteiger charge is -2.18. The van der Waals surface area contributed by atoms with Crippen molar-refractivity contribution in [1.82, 2.24) is 5.32 Å². The van der Waals surface area contributed by atoms with E-state index in [0.717, 1.165) is 13.0 Å². The molecule has 0 saturated carbocycles. The molecule has 106 valence electrons. The summed E-state index contributed by atoms with van der Waals surface area (Å²) < 4.78 is 23.2. The summed E-state index contributed by atoms with van der Waals surface area (Å²) in [4.78, 5) is 11.4. The lowest BCUT2D eigenvalue weighted by Crippen LogP contribution is -2.25. The molecule has 0 bridgehead atoms. The zero-order valence-corrected chi connectivity index (χ0v) is 11.5. The molecule has 5 heteroatoms. The minimum Gasteiger partial charge on any atom is -0.494 e. The number of hydrogen-bond donors (Lipinski definition) is 1. The molecule has 0 aliphatic rings. The van der Waals surface area contributed by atoms with Crippen molar-refractivity contribution in [1.29, 1.82) is 0 Å². The average Bonchev–Trinajstić information content (AvgIpc) is 2.43. The summed E-state index contributed by atoms with van der Waals surface area (Å²) in [5.74, 6) is -0.575. The number of carbonyl (C=O) groups excluding carboxylic acids is 1. The third-order valence-electron chi connectivity index (χ3n) is 2.82. The molecule has 4 nitrogen and oxygen atoms in total. The predicted molar refractivity (Wildman–Crippen MR) is 70.6 cm³/mol. The summed E-state index contributed by atoms with van der Waals surface area (Å²) in [6, 6.07) is 4.43. The first-order valence-electron chi connectivity index (χ1n) is 6.26. The van der Waals surface area contributed by atoms with Crippen LogP contribution in [0, 0.1) is 5.82 Å². The van der Waals surface area contributed by atoms with Gasteiger partial charge < -0.3 is 14.8 Å². The summed E-state index contributed by atoms with van der Waals surface area (Å²) in [5.41, 5.74) is 0.706. The topological polar surface area (TPSA) is 47.6 Å². The number of rotatable bonds is 7. The van der Waals surface area contributed by atoms with E-state index >= 15 is 0 Å². The van der Waals surface area contributed by atoms with Gasteiger partial charge in [-0.25, -0.2) is 4.39 Å². The Hall–Kier alpha value is -1.62. The number of nitrogens with one attached hydrogen (secondary N) is 1. The van der Waals surface area contributed by atoms with E-state index in [4.69, 9.17) is 4.74 Å². The normalized spacial score (nSPS) is 12.0. The van der Waals surface area contributed by atoms with E-state index in [-0.39, 0.29) is 24.2 Å². The highest BCUT2D eigenvalue weighted by Gasteiger charge is 2.17. The van der Waals surface area contributed by atoms with Crippen LogP contribution in [0.3, 0.4) is 0 Å². The third kappa shape index (κ3) is 4.52. The minimum absolute atomic E-state index is 0.169. The van der Waals surface area contributed by atoms with Crippen molar-refractivity contribution in [2.45, 2.75) is 25.8 Å². The van der Waals surface area contributed by atoms with Gasteiger partial charge in [0.25, 0.3) is 0 Å². The lowest BCUT2D eigenvalue weighted by atomic mass is 10.0. The maximum atomic E-state index is 13.7. The second-order valence-corrected chi connectivity index (χ2v) is 4.18. The standard InChI is InChI=1S/C14H20FNO3/c1-4-7-16-12(9-14(17)19-3)10-5-6-13(18-2)11(15)8-10/h5-6,8,12,16H,4,7,9H2,1-3H3. The van der Waals surface area contributed by atoms with E-state index in [1.165, 1.54) is 20.3 Å². The van der Waals surface area contributed by atoms with E-state index in [1.54, 1.807) is 12.1 Å². The summed E-state index contributed by atoms with van der Waals surface area (Å²) >= 11 is 0. The first kappa shape index (κ1) is 15.4. The zero-order chi connectivity index (χ0) is 14.3. The quantitative estimate of drug-likeness (QED) is 0.772. The second kappa shape index (κ2) is 7.74. The molecule has 19 heavy (non-hydrogen) atoms. The van der Waals surface area contributed by atoms with Crippen molar-refractivity contribution in [3.05, 3.63) is 29.6 Å². The largest absolute Gasteiger partial charge is 0.494 e. The summed E-state index contributed by atoms with van der Waals surface area (Å²) in [5, 5.41) is 3.21. The third-order valence-corrected chi connectivity index (χ3v) is 2.82. The van der Waals surface area contributed by atoms with Crippen molar-refractivity contribution in [3.8, 4) is 5.75 Å². The fraction of sp³-hybridized carbons (Fsp3) is 0.500. The van der Waals surface area contributed by atoms with Crippen LogP contribution < -0.4 is 10.1 Å². The van der Waals surface area contributed by atoms with E-state index in [2.05, 4.69) is 10.1 Å². The first-order chi connectivity index (χ1) is 9.12. The van der Waals surface area contributed by atoms with Crippen LogP contribution >= 0.6 is 0 Å². The average molecular weight is 269 g/mol. The van der Waals surface area contributed by atoms with E-state index in [9.17, 15) is 9.18 Å². The summed E-state index contributed by atoms with van der Waals surface area (Å²) in [6.07, 6.45) is 1.10. The fourth-order valence-electron chi connectivity index (χ4n) is 1.78. The fourth-order valence-corrected chi connectivity index (χ4v) is 1.78. The van der Waals surface area contributed by atoms with Crippen LogP contribution in [0.5, 0.6) is 5.75 Å². The van der Waals surface area contributed by atoms with Gasteiger partial charge >= 0.3 is 5.97 Å². The SMILES string of the molecule is CCCNC(CC(=O)OC)c1ccc(OC)c(F)c1. The Kier molecular flexibility index (Phi) is 6.29. The van der Waals surface area contributed by atoms with Crippen LogP contribution in [0.15, 0.2) is 18.2 Å². The molecular weight excluding hydrogens is 249 g/mol. The molecular formula is C14H20FNO3. The van der Waals surface area contributed by atoms with Gasteiger partial charge in [0.2, 0.25) is 0 Å². The van der Waals surface area contributed by atoms with Gasteiger partial charge in [-0.05, 0) is 30.7 Å². The lowest BCUT2D eigenvalue weighted by molar-refractivity contribution is -0.141. The molecule has 0 aliphatic heterocycles. The molecule has 0 radical (unpaired) electrons.